The molecule has 18 heavy (non-hydrogen) atoms. The van der Waals surface area contributed by atoms with Crippen molar-refractivity contribution in [2.45, 2.75) is 39.7 Å². The summed E-state index contributed by atoms with van der Waals surface area (Å²) in [6.07, 6.45) is 0.813. The maximum absolute atomic E-state index is 11.9. The second-order valence-electron chi connectivity index (χ2n) is 5.85. The Balaban J connectivity index is 2.39. The number of hydrogen-bond donors (Lipinski definition) is 2. The molecular weight excluding hydrogens is 232 g/mol. The van der Waals surface area contributed by atoms with Crippen molar-refractivity contribution in [3.8, 4) is 0 Å². The van der Waals surface area contributed by atoms with Crippen LogP contribution in [0.4, 0.5) is 0 Å². The minimum Gasteiger partial charge on any atom is -0.390 e. The topological polar surface area (TPSA) is 69.6 Å². The third-order valence-electron chi connectivity index (χ3n) is 3.48. The van der Waals surface area contributed by atoms with Crippen LogP contribution in [0.5, 0.6) is 0 Å². The SMILES string of the molecule is CC(C)C(=O)NCC(=O)N1CC[C@@H](C(C)(C)O)C1. The number of aliphatic hydroxyl groups is 1. The highest BCUT2D eigenvalue weighted by Gasteiger charge is 2.35. The maximum Gasteiger partial charge on any atom is 0.241 e. The fourth-order valence-electron chi connectivity index (χ4n) is 2.04. The van der Waals surface area contributed by atoms with Crippen molar-refractivity contribution in [3.05, 3.63) is 0 Å². The van der Waals surface area contributed by atoms with Crippen LogP contribution in [-0.2, 0) is 9.59 Å². The molecule has 2 N–H and O–H groups in total. The molecule has 2 amide bonds. The Labute approximate surface area is 109 Å². The molecule has 5 nitrogen and oxygen atoms in total. The molecule has 1 aliphatic rings. The number of nitrogens with one attached hydrogen (secondary N) is 1. The van der Waals surface area contributed by atoms with Crippen LogP contribution < -0.4 is 5.32 Å². The lowest BCUT2D eigenvalue weighted by Gasteiger charge is -2.25. The van der Waals surface area contributed by atoms with Crippen LogP contribution in [0, 0.1) is 11.8 Å². The Morgan fingerprint density at radius 2 is 2.06 bits per heavy atom. The number of nitrogens with zero attached hydrogens (tertiary/aromatic N) is 1. The highest BCUT2D eigenvalue weighted by molar-refractivity contribution is 5.85. The summed E-state index contributed by atoms with van der Waals surface area (Å²) in [5, 5.41) is 12.5. The number of hydrogen-bond acceptors (Lipinski definition) is 3. The molecule has 0 spiro atoms. The van der Waals surface area contributed by atoms with Crippen LogP contribution in [0.1, 0.15) is 34.1 Å². The Hall–Kier alpha value is -1.10. The van der Waals surface area contributed by atoms with Crippen LogP contribution in [-0.4, -0.2) is 47.1 Å². The van der Waals surface area contributed by atoms with E-state index in [1.165, 1.54) is 0 Å². The van der Waals surface area contributed by atoms with Gasteiger partial charge in [0.25, 0.3) is 0 Å². The average Bonchev–Trinajstić information content (AvgIpc) is 2.73. The number of carbonyl (C=O) groups excluding carboxylic acids is 2. The zero-order valence-corrected chi connectivity index (χ0v) is 11.7. The minimum absolute atomic E-state index is 0.0512. The number of amides is 2. The van der Waals surface area contributed by atoms with Gasteiger partial charge in [-0.1, -0.05) is 13.8 Å². The molecule has 5 heteroatoms. The molecule has 0 saturated carbocycles. The van der Waals surface area contributed by atoms with Crippen LogP contribution in [0.3, 0.4) is 0 Å². The van der Waals surface area contributed by atoms with E-state index in [-0.39, 0.29) is 30.2 Å². The van der Waals surface area contributed by atoms with E-state index in [0.717, 1.165) is 6.42 Å². The molecule has 1 heterocycles. The molecule has 1 aliphatic heterocycles. The monoisotopic (exact) mass is 256 g/mol. The van der Waals surface area contributed by atoms with Gasteiger partial charge in [0.1, 0.15) is 0 Å². The lowest BCUT2D eigenvalue weighted by molar-refractivity contribution is -0.133. The summed E-state index contributed by atoms with van der Waals surface area (Å²) in [5.41, 5.74) is -0.754. The van der Waals surface area contributed by atoms with E-state index in [0.29, 0.717) is 13.1 Å². The smallest absolute Gasteiger partial charge is 0.241 e. The summed E-state index contributed by atoms with van der Waals surface area (Å²) in [6.45, 7) is 8.40. The molecule has 0 aliphatic carbocycles. The van der Waals surface area contributed by atoms with Crippen molar-refractivity contribution < 1.29 is 14.7 Å². The van der Waals surface area contributed by atoms with Crippen LogP contribution in [0.2, 0.25) is 0 Å². The van der Waals surface area contributed by atoms with Crippen molar-refractivity contribution in [1.82, 2.24) is 10.2 Å². The predicted molar refractivity (Wildman–Crippen MR) is 68.8 cm³/mol. The van der Waals surface area contributed by atoms with E-state index in [1.54, 1.807) is 32.6 Å². The van der Waals surface area contributed by atoms with E-state index in [2.05, 4.69) is 5.32 Å². The minimum atomic E-state index is -0.754. The Morgan fingerprint density at radius 1 is 1.44 bits per heavy atom. The van der Waals surface area contributed by atoms with Gasteiger partial charge in [-0.3, -0.25) is 9.59 Å². The first kappa shape index (κ1) is 15.0. The third-order valence-corrected chi connectivity index (χ3v) is 3.48. The largest absolute Gasteiger partial charge is 0.390 e. The summed E-state index contributed by atoms with van der Waals surface area (Å²) < 4.78 is 0. The second kappa shape index (κ2) is 5.69. The first-order chi connectivity index (χ1) is 8.21. The molecule has 0 aromatic rings. The van der Waals surface area contributed by atoms with E-state index in [4.69, 9.17) is 0 Å². The van der Waals surface area contributed by atoms with E-state index >= 15 is 0 Å². The number of carbonyl (C=O) groups is 2. The maximum atomic E-state index is 11.9. The van der Waals surface area contributed by atoms with Gasteiger partial charge in [0.05, 0.1) is 12.1 Å². The first-order valence-electron chi connectivity index (χ1n) is 6.49. The summed E-state index contributed by atoms with van der Waals surface area (Å²) in [4.78, 5) is 24.9. The molecule has 0 unspecified atom stereocenters. The number of rotatable bonds is 4. The molecule has 104 valence electrons. The van der Waals surface area contributed by atoms with Crippen molar-refractivity contribution in [2.75, 3.05) is 19.6 Å². The standard InChI is InChI=1S/C13H24N2O3/c1-9(2)12(17)14-7-11(16)15-6-5-10(8-15)13(3,4)18/h9-10,18H,5-8H2,1-4H3,(H,14,17)/t10-/m1/s1. The summed E-state index contributed by atoms with van der Waals surface area (Å²) in [5.74, 6) is -0.180. The van der Waals surface area contributed by atoms with Gasteiger partial charge in [0.15, 0.2) is 0 Å². The zero-order valence-electron chi connectivity index (χ0n) is 11.7. The van der Waals surface area contributed by atoms with Gasteiger partial charge >= 0.3 is 0 Å². The van der Waals surface area contributed by atoms with Gasteiger partial charge in [-0.2, -0.15) is 0 Å². The van der Waals surface area contributed by atoms with Gasteiger partial charge in [-0.05, 0) is 20.3 Å². The lowest BCUT2D eigenvalue weighted by Crippen LogP contribution is -2.41. The molecular formula is C13H24N2O3. The third kappa shape index (κ3) is 3.98. The van der Waals surface area contributed by atoms with E-state index in [1.807, 2.05) is 0 Å². The zero-order chi connectivity index (χ0) is 13.9. The molecule has 1 saturated heterocycles. The van der Waals surface area contributed by atoms with Gasteiger partial charge in [0, 0.05) is 24.9 Å². The van der Waals surface area contributed by atoms with Gasteiger partial charge in [-0.25, -0.2) is 0 Å². The summed E-state index contributed by atoms with van der Waals surface area (Å²) in [7, 11) is 0. The molecule has 1 fully saturated rings. The second-order valence-corrected chi connectivity index (χ2v) is 5.85. The Kier molecular flexibility index (Phi) is 4.73. The molecule has 1 atom stereocenters. The highest BCUT2D eigenvalue weighted by Crippen LogP contribution is 2.26. The van der Waals surface area contributed by atoms with Crippen LogP contribution >= 0.6 is 0 Å². The van der Waals surface area contributed by atoms with Crippen LogP contribution in [0.15, 0.2) is 0 Å². The van der Waals surface area contributed by atoms with E-state index in [9.17, 15) is 14.7 Å². The van der Waals surface area contributed by atoms with Gasteiger partial charge in [0.2, 0.25) is 11.8 Å². The lowest BCUT2D eigenvalue weighted by atomic mass is 9.90. The number of likely N-dealkylation sites (tertiary alicyclic amines) is 1. The molecule has 0 radical (unpaired) electrons. The van der Waals surface area contributed by atoms with Crippen molar-refractivity contribution in [1.29, 1.82) is 0 Å². The van der Waals surface area contributed by atoms with Crippen LogP contribution in [0.25, 0.3) is 0 Å². The fraction of sp³-hybridized carbons (Fsp3) is 0.846. The Bertz CT molecular complexity index is 321. The highest BCUT2D eigenvalue weighted by atomic mass is 16.3. The summed E-state index contributed by atoms with van der Waals surface area (Å²) in [6, 6.07) is 0. The summed E-state index contributed by atoms with van der Waals surface area (Å²) >= 11 is 0. The van der Waals surface area contributed by atoms with Crippen molar-refractivity contribution in [2.24, 2.45) is 11.8 Å². The molecule has 0 aromatic carbocycles. The Morgan fingerprint density at radius 3 is 2.50 bits per heavy atom. The normalized spacial score (nSPS) is 20.3. The van der Waals surface area contributed by atoms with Gasteiger partial charge < -0.3 is 15.3 Å². The molecule has 0 aromatic heterocycles. The van der Waals surface area contributed by atoms with Crippen molar-refractivity contribution >= 4 is 11.8 Å². The van der Waals surface area contributed by atoms with Gasteiger partial charge in [-0.15, -0.1) is 0 Å². The average molecular weight is 256 g/mol. The molecule has 0 bridgehead atoms. The van der Waals surface area contributed by atoms with E-state index < -0.39 is 5.60 Å². The van der Waals surface area contributed by atoms with Crippen molar-refractivity contribution in [3.63, 3.8) is 0 Å². The quantitative estimate of drug-likeness (QED) is 0.764. The predicted octanol–water partition coefficient (Wildman–Crippen LogP) is 0.378. The fourth-order valence-corrected chi connectivity index (χ4v) is 2.04. The molecule has 1 rings (SSSR count). The first-order valence-corrected chi connectivity index (χ1v) is 6.49.